The lowest BCUT2D eigenvalue weighted by Gasteiger charge is -2.15. The normalized spacial score (nSPS) is 11.7. The second kappa shape index (κ2) is 6.85. The van der Waals surface area contributed by atoms with Crippen molar-refractivity contribution in [2.45, 2.75) is 12.5 Å². The smallest absolute Gasteiger partial charge is 0.253 e. The molecule has 0 radical (unpaired) electrons. The first-order valence-corrected chi connectivity index (χ1v) is 6.68. The highest BCUT2D eigenvalue weighted by atomic mass is 35.5. The lowest BCUT2D eigenvalue weighted by Crippen LogP contribution is -2.45. The van der Waals surface area contributed by atoms with E-state index in [9.17, 15) is 9.59 Å². The third-order valence-corrected chi connectivity index (χ3v) is 3.14. The van der Waals surface area contributed by atoms with E-state index in [2.05, 4.69) is 10.3 Å². The van der Waals surface area contributed by atoms with Crippen LogP contribution in [0.5, 0.6) is 0 Å². The number of halogens is 1. The van der Waals surface area contributed by atoms with Crippen LogP contribution in [-0.4, -0.2) is 22.8 Å². The number of carbonyl (C=O) groups excluding carboxylic acids is 2. The zero-order chi connectivity index (χ0) is 15.2. The highest BCUT2D eigenvalue weighted by Crippen LogP contribution is 2.12. The van der Waals surface area contributed by atoms with Crippen molar-refractivity contribution in [1.29, 1.82) is 0 Å². The van der Waals surface area contributed by atoms with E-state index in [-0.39, 0.29) is 6.42 Å². The van der Waals surface area contributed by atoms with Gasteiger partial charge in [-0.15, -0.1) is 0 Å². The summed E-state index contributed by atoms with van der Waals surface area (Å²) in [5.41, 5.74) is 6.53. The highest BCUT2D eigenvalue weighted by Gasteiger charge is 2.19. The summed E-state index contributed by atoms with van der Waals surface area (Å²) >= 11 is 5.90. The lowest BCUT2D eigenvalue weighted by atomic mass is 10.1. The molecule has 0 unspecified atom stereocenters. The van der Waals surface area contributed by atoms with Gasteiger partial charge in [-0.2, -0.15) is 0 Å². The van der Waals surface area contributed by atoms with Crippen LogP contribution < -0.4 is 11.1 Å². The first-order valence-electron chi connectivity index (χ1n) is 6.31. The summed E-state index contributed by atoms with van der Waals surface area (Å²) in [6.07, 6.45) is 3.27. The molecule has 0 spiro atoms. The summed E-state index contributed by atoms with van der Waals surface area (Å²) in [7, 11) is 0. The zero-order valence-corrected chi connectivity index (χ0v) is 11.9. The fourth-order valence-corrected chi connectivity index (χ4v) is 2.07. The Kier molecular flexibility index (Phi) is 4.90. The molecule has 6 heteroatoms. The molecule has 1 aromatic heterocycles. The predicted molar refractivity (Wildman–Crippen MR) is 79.8 cm³/mol. The van der Waals surface area contributed by atoms with E-state index < -0.39 is 17.9 Å². The van der Waals surface area contributed by atoms with Crippen molar-refractivity contribution in [3.05, 3.63) is 64.9 Å². The second-order valence-electron chi connectivity index (χ2n) is 4.50. The average molecular weight is 304 g/mol. The van der Waals surface area contributed by atoms with Crippen molar-refractivity contribution in [1.82, 2.24) is 10.3 Å². The Hall–Kier alpha value is -2.40. The van der Waals surface area contributed by atoms with Gasteiger partial charge in [0.05, 0.1) is 5.56 Å². The number of nitrogens with one attached hydrogen (secondary N) is 1. The van der Waals surface area contributed by atoms with Crippen molar-refractivity contribution in [2.75, 3.05) is 0 Å². The number of primary amides is 1. The van der Waals surface area contributed by atoms with Crippen LogP contribution in [0.1, 0.15) is 15.9 Å². The van der Waals surface area contributed by atoms with Gasteiger partial charge in [0, 0.05) is 23.8 Å². The lowest BCUT2D eigenvalue weighted by molar-refractivity contribution is -0.119. The third-order valence-electron chi connectivity index (χ3n) is 2.90. The van der Waals surface area contributed by atoms with Crippen LogP contribution in [-0.2, 0) is 11.2 Å². The SMILES string of the molecule is NC(=O)[C@H](Cc1cccc(Cl)c1)NC(=O)c1cccnc1. The fourth-order valence-electron chi connectivity index (χ4n) is 1.86. The number of hydrogen-bond acceptors (Lipinski definition) is 3. The maximum Gasteiger partial charge on any atom is 0.253 e. The number of nitrogens with zero attached hydrogens (tertiary/aromatic N) is 1. The quantitative estimate of drug-likeness (QED) is 0.879. The molecular weight excluding hydrogens is 290 g/mol. The Balaban J connectivity index is 2.09. The summed E-state index contributed by atoms with van der Waals surface area (Å²) in [4.78, 5) is 27.4. The van der Waals surface area contributed by atoms with Crippen molar-refractivity contribution < 1.29 is 9.59 Å². The molecule has 2 aromatic rings. The maximum atomic E-state index is 12.0. The number of carbonyl (C=O) groups is 2. The Morgan fingerprint density at radius 2 is 2.10 bits per heavy atom. The van der Waals surface area contributed by atoms with Gasteiger partial charge in [-0.05, 0) is 29.8 Å². The molecule has 0 fully saturated rings. The topological polar surface area (TPSA) is 85.1 Å². The predicted octanol–water partition coefficient (Wildman–Crippen LogP) is 1.56. The Morgan fingerprint density at radius 3 is 2.71 bits per heavy atom. The minimum atomic E-state index is -0.809. The van der Waals surface area contributed by atoms with Crippen LogP contribution in [0.25, 0.3) is 0 Å². The van der Waals surface area contributed by atoms with E-state index in [0.29, 0.717) is 10.6 Å². The summed E-state index contributed by atoms with van der Waals surface area (Å²) in [6, 6.07) is 9.50. The Labute approximate surface area is 127 Å². The molecule has 21 heavy (non-hydrogen) atoms. The van der Waals surface area contributed by atoms with Gasteiger partial charge in [0.2, 0.25) is 5.91 Å². The molecule has 3 N–H and O–H groups in total. The van der Waals surface area contributed by atoms with E-state index in [1.807, 2.05) is 6.07 Å². The highest BCUT2D eigenvalue weighted by molar-refractivity contribution is 6.30. The standard InChI is InChI=1S/C15H14ClN3O2/c16-12-5-1-3-10(7-12)8-13(14(17)20)19-15(21)11-4-2-6-18-9-11/h1-7,9,13H,8H2,(H2,17,20)(H,19,21)/t13-/m0/s1. The van der Waals surface area contributed by atoms with Crippen molar-refractivity contribution in [2.24, 2.45) is 5.73 Å². The molecule has 0 aliphatic heterocycles. The summed E-state index contributed by atoms with van der Waals surface area (Å²) in [6.45, 7) is 0. The summed E-state index contributed by atoms with van der Waals surface area (Å²) in [5.74, 6) is -0.999. The van der Waals surface area contributed by atoms with Gasteiger partial charge in [0.1, 0.15) is 6.04 Å². The van der Waals surface area contributed by atoms with Gasteiger partial charge in [-0.1, -0.05) is 23.7 Å². The molecule has 1 atom stereocenters. The largest absolute Gasteiger partial charge is 0.368 e. The van der Waals surface area contributed by atoms with Gasteiger partial charge >= 0.3 is 0 Å². The van der Waals surface area contributed by atoms with E-state index in [1.54, 1.807) is 36.5 Å². The van der Waals surface area contributed by atoms with Crippen LogP contribution in [0.4, 0.5) is 0 Å². The number of hydrogen-bond donors (Lipinski definition) is 2. The minimum Gasteiger partial charge on any atom is -0.368 e. The second-order valence-corrected chi connectivity index (χ2v) is 4.94. The molecular formula is C15H14ClN3O2. The van der Waals surface area contributed by atoms with Crippen LogP contribution in [0.15, 0.2) is 48.8 Å². The molecule has 0 aliphatic rings. The van der Waals surface area contributed by atoms with Crippen LogP contribution in [0.3, 0.4) is 0 Å². The molecule has 2 rings (SSSR count). The molecule has 108 valence electrons. The van der Waals surface area contributed by atoms with E-state index in [4.69, 9.17) is 17.3 Å². The van der Waals surface area contributed by atoms with Gasteiger partial charge in [-0.3, -0.25) is 14.6 Å². The zero-order valence-electron chi connectivity index (χ0n) is 11.1. The molecule has 2 amide bonds. The van der Waals surface area contributed by atoms with Crippen molar-refractivity contribution in [3.8, 4) is 0 Å². The fraction of sp³-hybridized carbons (Fsp3) is 0.133. The number of pyridine rings is 1. The van der Waals surface area contributed by atoms with Crippen LogP contribution >= 0.6 is 11.6 Å². The maximum absolute atomic E-state index is 12.0. The average Bonchev–Trinajstić information content (AvgIpc) is 2.47. The van der Waals surface area contributed by atoms with Crippen LogP contribution in [0.2, 0.25) is 5.02 Å². The van der Waals surface area contributed by atoms with Gasteiger partial charge in [0.25, 0.3) is 5.91 Å². The molecule has 0 saturated heterocycles. The molecule has 5 nitrogen and oxygen atoms in total. The monoisotopic (exact) mass is 303 g/mol. The Bertz CT molecular complexity index is 646. The molecule has 1 heterocycles. The Morgan fingerprint density at radius 1 is 1.29 bits per heavy atom. The number of rotatable bonds is 5. The number of amides is 2. The number of benzene rings is 1. The van der Waals surface area contributed by atoms with Gasteiger partial charge in [-0.25, -0.2) is 0 Å². The molecule has 0 bridgehead atoms. The first-order chi connectivity index (χ1) is 10.1. The van der Waals surface area contributed by atoms with E-state index in [1.165, 1.54) is 6.20 Å². The summed E-state index contributed by atoms with van der Waals surface area (Å²) in [5, 5.41) is 3.17. The van der Waals surface area contributed by atoms with Crippen molar-refractivity contribution >= 4 is 23.4 Å². The number of nitrogens with two attached hydrogens (primary N) is 1. The summed E-state index contributed by atoms with van der Waals surface area (Å²) < 4.78 is 0. The minimum absolute atomic E-state index is 0.280. The molecule has 1 aromatic carbocycles. The molecule has 0 aliphatic carbocycles. The molecule has 0 saturated carbocycles. The van der Waals surface area contributed by atoms with Crippen LogP contribution in [0, 0.1) is 0 Å². The van der Waals surface area contributed by atoms with E-state index in [0.717, 1.165) is 5.56 Å². The van der Waals surface area contributed by atoms with Gasteiger partial charge in [0.15, 0.2) is 0 Å². The first kappa shape index (κ1) is 15.0. The number of aromatic nitrogens is 1. The van der Waals surface area contributed by atoms with Crippen molar-refractivity contribution in [3.63, 3.8) is 0 Å². The van der Waals surface area contributed by atoms with Gasteiger partial charge < -0.3 is 11.1 Å². The van der Waals surface area contributed by atoms with E-state index >= 15 is 0 Å². The third kappa shape index (κ3) is 4.29.